The average Bonchev–Trinajstić information content (AvgIpc) is 2.74. The summed E-state index contributed by atoms with van der Waals surface area (Å²) < 4.78 is 11.8. The minimum absolute atomic E-state index is 0.0733. The van der Waals surface area contributed by atoms with E-state index in [2.05, 4.69) is 9.97 Å². The molecule has 0 bridgehead atoms. The molecule has 8 nitrogen and oxygen atoms in total. The number of carboxylic acid groups (broad SMARTS) is 1. The summed E-state index contributed by atoms with van der Waals surface area (Å²) in [5.41, 5.74) is 13.6. The zero-order chi connectivity index (χ0) is 21.3. The van der Waals surface area contributed by atoms with Crippen LogP contribution in [-0.2, 0) is 11.2 Å². The lowest BCUT2D eigenvalue weighted by Gasteiger charge is -2.23. The Kier molecular flexibility index (Phi) is 7.70. The lowest BCUT2D eigenvalue weighted by Crippen LogP contribution is -2.15. The molecule has 3 rings (SSSR count). The van der Waals surface area contributed by atoms with Gasteiger partial charge in [-0.2, -0.15) is 4.98 Å². The number of para-hydroxylation sites is 1. The molecule has 162 valence electrons. The van der Waals surface area contributed by atoms with Crippen LogP contribution in [0.25, 0.3) is 0 Å². The molecule has 1 aromatic heterocycles. The molecule has 0 unspecified atom stereocenters. The Hall–Kier alpha value is -3.03. The maximum Gasteiger partial charge on any atom is 0.303 e. The number of carboxylic acids is 1. The van der Waals surface area contributed by atoms with E-state index in [0.717, 1.165) is 24.1 Å². The van der Waals surface area contributed by atoms with Crippen LogP contribution in [0.5, 0.6) is 11.5 Å². The molecule has 1 heterocycles. The van der Waals surface area contributed by atoms with E-state index in [1.54, 1.807) is 0 Å². The van der Waals surface area contributed by atoms with Crippen molar-refractivity contribution < 1.29 is 19.4 Å². The first-order valence-electron chi connectivity index (χ1n) is 10.5. The van der Waals surface area contributed by atoms with E-state index in [4.69, 9.17) is 26.0 Å². The number of anilines is 2. The third kappa shape index (κ3) is 5.98. The van der Waals surface area contributed by atoms with Crippen molar-refractivity contribution in [3.63, 3.8) is 0 Å². The minimum atomic E-state index is -0.824. The molecule has 30 heavy (non-hydrogen) atoms. The Labute approximate surface area is 176 Å². The molecule has 0 atom stereocenters. The third-order valence-corrected chi connectivity index (χ3v) is 5.30. The number of carbonyl (C=O) groups is 1. The van der Waals surface area contributed by atoms with Crippen molar-refractivity contribution in [3.05, 3.63) is 35.5 Å². The van der Waals surface area contributed by atoms with Crippen LogP contribution in [0, 0.1) is 0 Å². The molecule has 1 aliphatic rings. The number of aliphatic carboxylic acids is 1. The van der Waals surface area contributed by atoms with Crippen LogP contribution in [0.3, 0.4) is 0 Å². The number of nitrogen functional groups attached to an aromatic ring is 2. The summed E-state index contributed by atoms with van der Waals surface area (Å²) in [6.07, 6.45) is 6.85. The Bertz CT molecular complexity index is 853. The van der Waals surface area contributed by atoms with Crippen LogP contribution in [0.15, 0.2) is 24.3 Å². The van der Waals surface area contributed by atoms with Gasteiger partial charge < -0.3 is 26.0 Å². The molecular weight excluding hydrogens is 384 g/mol. The molecule has 0 spiro atoms. The number of ether oxygens (including phenoxy) is 2. The third-order valence-electron chi connectivity index (χ3n) is 5.30. The number of aromatic nitrogens is 2. The summed E-state index contributed by atoms with van der Waals surface area (Å²) in [6.45, 7) is 0.854. The first-order chi connectivity index (χ1) is 14.5. The van der Waals surface area contributed by atoms with Gasteiger partial charge in [-0.05, 0) is 30.9 Å². The van der Waals surface area contributed by atoms with E-state index in [0.29, 0.717) is 43.5 Å². The van der Waals surface area contributed by atoms with Crippen LogP contribution >= 0.6 is 0 Å². The van der Waals surface area contributed by atoms with Crippen LogP contribution in [-0.4, -0.2) is 34.3 Å². The zero-order valence-electron chi connectivity index (χ0n) is 17.2. The number of aryl methyl sites for hydroxylation is 1. The fraction of sp³-hybridized carbons (Fsp3) is 0.500. The van der Waals surface area contributed by atoms with E-state index in [1.165, 1.54) is 19.3 Å². The normalized spacial score (nSPS) is 14.4. The first-order valence-corrected chi connectivity index (χ1v) is 10.5. The number of hydrogen-bond acceptors (Lipinski definition) is 7. The fourth-order valence-corrected chi connectivity index (χ4v) is 3.81. The van der Waals surface area contributed by atoms with Crippen molar-refractivity contribution in [2.45, 2.75) is 57.3 Å². The highest BCUT2D eigenvalue weighted by molar-refractivity contribution is 5.67. The first kappa shape index (κ1) is 21.7. The van der Waals surface area contributed by atoms with E-state index in [-0.39, 0.29) is 18.2 Å². The largest absolute Gasteiger partial charge is 0.493 e. The van der Waals surface area contributed by atoms with Crippen molar-refractivity contribution in [2.24, 2.45) is 0 Å². The smallest absolute Gasteiger partial charge is 0.303 e. The Morgan fingerprint density at radius 3 is 2.57 bits per heavy atom. The average molecular weight is 415 g/mol. The SMILES string of the molecule is Nc1nc(N)c(OCCCOc2ccccc2CCC(=O)O)c(C2CCCCC2)n1. The van der Waals surface area contributed by atoms with Crippen molar-refractivity contribution in [1.29, 1.82) is 0 Å². The van der Waals surface area contributed by atoms with Crippen molar-refractivity contribution in [1.82, 2.24) is 9.97 Å². The van der Waals surface area contributed by atoms with Crippen molar-refractivity contribution in [2.75, 3.05) is 24.7 Å². The molecule has 2 aromatic rings. The number of benzene rings is 1. The Balaban J connectivity index is 1.54. The van der Waals surface area contributed by atoms with E-state index < -0.39 is 5.97 Å². The van der Waals surface area contributed by atoms with Crippen LogP contribution in [0.2, 0.25) is 0 Å². The second-order valence-corrected chi connectivity index (χ2v) is 7.57. The molecule has 1 aliphatic carbocycles. The highest BCUT2D eigenvalue weighted by Crippen LogP contribution is 2.38. The van der Waals surface area contributed by atoms with Crippen LogP contribution in [0.4, 0.5) is 11.8 Å². The van der Waals surface area contributed by atoms with Gasteiger partial charge in [0, 0.05) is 18.8 Å². The fourth-order valence-electron chi connectivity index (χ4n) is 3.81. The van der Waals surface area contributed by atoms with Gasteiger partial charge in [-0.1, -0.05) is 37.5 Å². The number of rotatable bonds is 10. The summed E-state index contributed by atoms with van der Waals surface area (Å²) in [7, 11) is 0. The summed E-state index contributed by atoms with van der Waals surface area (Å²) in [4.78, 5) is 19.3. The lowest BCUT2D eigenvalue weighted by atomic mass is 9.86. The standard InChI is InChI=1S/C22H30N4O4/c23-21-20(19(25-22(24)26-21)16-8-2-1-3-9-16)30-14-6-13-29-17-10-5-4-7-15(17)11-12-18(27)28/h4-5,7,10,16H,1-3,6,8-9,11-14H2,(H,27,28)(H4,23,24,25,26). The number of nitrogens with zero attached hydrogens (tertiary/aromatic N) is 2. The topological polar surface area (TPSA) is 134 Å². The molecule has 5 N–H and O–H groups in total. The van der Waals surface area contributed by atoms with E-state index >= 15 is 0 Å². The second-order valence-electron chi connectivity index (χ2n) is 7.57. The molecular formula is C22H30N4O4. The highest BCUT2D eigenvalue weighted by atomic mass is 16.5. The maximum atomic E-state index is 10.8. The Morgan fingerprint density at radius 1 is 1.07 bits per heavy atom. The maximum absolute atomic E-state index is 10.8. The lowest BCUT2D eigenvalue weighted by molar-refractivity contribution is -0.136. The van der Waals surface area contributed by atoms with Crippen LogP contribution in [0.1, 0.15) is 62.1 Å². The van der Waals surface area contributed by atoms with Crippen molar-refractivity contribution in [3.8, 4) is 11.5 Å². The van der Waals surface area contributed by atoms with Crippen LogP contribution < -0.4 is 20.9 Å². The summed E-state index contributed by atoms with van der Waals surface area (Å²) >= 11 is 0. The highest BCUT2D eigenvalue weighted by Gasteiger charge is 2.24. The molecule has 1 saturated carbocycles. The quantitative estimate of drug-likeness (QED) is 0.503. The van der Waals surface area contributed by atoms with Gasteiger partial charge in [0.05, 0.1) is 18.9 Å². The molecule has 8 heteroatoms. The number of hydrogen-bond donors (Lipinski definition) is 3. The molecule has 1 aromatic carbocycles. The zero-order valence-corrected chi connectivity index (χ0v) is 17.2. The Morgan fingerprint density at radius 2 is 1.80 bits per heavy atom. The molecule has 0 aliphatic heterocycles. The molecule has 0 saturated heterocycles. The van der Waals surface area contributed by atoms with Crippen molar-refractivity contribution >= 4 is 17.7 Å². The van der Waals surface area contributed by atoms with Gasteiger partial charge in [0.2, 0.25) is 5.95 Å². The predicted molar refractivity (Wildman–Crippen MR) is 115 cm³/mol. The minimum Gasteiger partial charge on any atom is -0.493 e. The van der Waals surface area contributed by atoms with E-state index in [9.17, 15) is 4.79 Å². The van der Waals surface area contributed by atoms with E-state index in [1.807, 2.05) is 24.3 Å². The number of nitrogens with two attached hydrogens (primary N) is 2. The van der Waals surface area contributed by atoms with Gasteiger partial charge in [0.15, 0.2) is 11.6 Å². The summed E-state index contributed by atoms with van der Waals surface area (Å²) in [5.74, 6) is 1.19. The van der Waals surface area contributed by atoms with Gasteiger partial charge in [-0.3, -0.25) is 4.79 Å². The van der Waals surface area contributed by atoms with Gasteiger partial charge in [-0.15, -0.1) is 0 Å². The predicted octanol–water partition coefficient (Wildman–Crippen LogP) is 3.55. The summed E-state index contributed by atoms with van der Waals surface area (Å²) in [6, 6.07) is 7.49. The van der Waals surface area contributed by atoms with Gasteiger partial charge >= 0.3 is 5.97 Å². The molecule has 0 radical (unpaired) electrons. The second kappa shape index (κ2) is 10.7. The monoisotopic (exact) mass is 414 g/mol. The molecule has 0 amide bonds. The van der Waals surface area contributed by atoms with Gasteiger partial charge in [-0.25, -0.2) is 4.98 Å². The molecule has 1 fully saturated rings. The summed E-state index contributed by atoms with van der Waals surface area (Å²) in [5, 5.41) is 8.89. The van der Waals surface area contributed by atoms with Gasteiger partial charge in [0.1, 0.15) is 5.75 Å². The van der Waals surface area contributed by atoms with Gasteiger partial charge in [0.25, 0.3) is 0 Å².